The number of amides is 1. The Balaban J connectivity index is 1.71. The van der Waals surface area contributed by atoms with E-state index in [1.54, 1.807) is 23.3 Å². The summed E-state index contributed by atoms with van der Waals surface area (Å²) in [5, 5.41) is 1.84. The van der Waals surface area contributed by atoms with E-state index in [1.807, 2.05) is 23.5 Å². The van der Waals surface area contributed by atoms with E-state index in [0.717, 1.165) is 16.6 Å². The maximum atomic E-state index is 12.6. The summed E-state index contributed by atoms with van der Waals surface area (Å²) >= 11 is 0. The minimum atomic E-state index is -4.55. The predicted molar refractivity (Wildman–Crippen MR) is 120 cm³/mol. The molecule has 0 saturated carbocycles. The van der Waals surface area contributed by atoms with Crippen LogP contribution in [0.15, 0.2) is 49.1 Å². The van der Waals surface area contributed by atoms with E-state index in [1.165, 1.54) is 33.5 Å². The van der Waals surface area contributed by atoms with E-state index in [-0.39, 0.29) is 23.1 Å². The number of alkyl halides is 3. The molecule has 0 aliphatic carbocycles. The molecule has 35 heavy (non-hydrogen) atoms. The molecule has 1 N–H and O–H groups in total. The highest BCUT2D eigenvalue weighted by atomic mass is 19.4. The molecule has 2 heterocycles. The number of nitrogens with zero attached hydrogens (tertiary/aromatic N) is 4. The molecule has 0 unspecified atom stereocenters. The summed E-state index contributed by atoms with van der Waals surface area (Å²) in [6.45, 7) is -1.48. The lowest BCUT2D eigenvalue weighted by Crippen LogP contribution is -2.34. The molecule has 4 aromatic rings. The highest BCUT2D eigenvalue weighted by Gasteiger charge is 2.30. The van der Waals surface area contributed by atoms with Crippen molar-refractivity contribution < 1.29 is 32.2 Å². The molecule has 12 heteroatoms. The van der Waals surface area contributed by atoms with Gasteiger partial charge in [-0.25, -0.2) is 15.0 Å². The van der Waals surface area contributed by atoms with E-state index in [2.05, 4.69) is 15.0 Å². The average Bonchev–Trinajstić information content (AvgIpc) is 3.29. The second-order valence-corrected chi connectivity index (χ2v) is 7.30. The van der Waals surface area contributed by atoms with E-state index in [9.17, 15) is 18.0 Å². The van der Waals surface area contributed by atoms with Gasteiger partial charge in [0.1, 0.15) is 29.9 Å². The number of ether oxygens (including phenoxy) is 3. The van der Waals surface area contributed by atoms with Crippen LogP contribution in [0.2, 0.25) is 0 Å². The van der Waals surface area contributed by atoms with Gasteiger partial charge in [-0.05, 0) is 17.7 Å². The number of hydrogen-bond acceptors (Lipinski definition) is 7. The van der Waals surface area contributed by atoms with E-state index >= 15 is 0 Å². The smallest absolute Gasteiger partial charge is 0.405 e. The molecule has 1 amide bonds. The summed E-state index contributed by atoms with van der Waals surface area (Å²) in [4.78, 5) is 25.1. The zero-order valence-corrected chi connectivity index (χ0v) is 18.9. The summed E-state index contributed by atoms with van der Waals surface area (Å²) in [7, 11) is 4.11. The summed E-state index contributed by atoms with van der Waals surface area (Å²) in [6.07, 6.45) is 0.309. The van der Waals surface area contributed by atoms with Crippen molar-refractivity contribution in [1.29, 1.82) is 0 Å². The number of imidazole rings is 1. The fourth-order valence-corrected chi connectivity index (χ4v) is 3.50. The molecule has 0 atom stereocenters. The molecule has 4 rings (SSSR count). The van der Waals surface area contributed by atoms with E-state index < -0.39 is 18.6 Å². The Morgan fingerprint density at radius 1 is 0.943 bits per heavy atom. The van der Waals surface area contributed by atoms with Crippen molar-refractivity contribution in [2.75, 3.05) is 27.9 Å². The molecule has 0 bridgehead atoms. The van der Waals surface area contributed by atoms with Crippen LogP contribution in [-0.2, 0) is 0 Å². The Bertz CT molecular complexity index is 1350. The first-order valence-electron chi connectivity index (χ1n) is 10.2. The average molecular weight is 487 g/mol. The topological polar surface area (TPSA) is 100 Å². The summed E-state index contributed by atoms with van der Waals surface area (Å²) in [6, 6.07) is 8.90. The molecule has 0 spiro atoms. The lowest BCUT2D eigenvalue weighted by molar-refractivity contribution is -0.123. The van der Waals surface area contributed by atoms with Gasteiger partial charge in [0.2, 0.25) is 0 Å². The van der Waals surface area contributed by atoms with E-state index in [4.69, 9.17) is 14.2 Å². The number of aromatic nitrogens is 4. The number of rotatable bonds is 7. The Morgan fingerprint density at radius 2 is 1.60 bits per heavy atom. The van der Waals surface area contributed by atoms with Crippen molar-refractivity contribution in [2.45, 2.75) is 6.18 Å². The summed E-state index contributed by atoms with van der Waals surface area (Å²) in [5.41, 5.74) is 3.42. The van der Waals surface area contributed by atoms with Crippen molar-refractivity contribution in [3.05, 3.63) is 54.6 Å². The van der Waals surface area contributed by atoms with Crippen molar-refractivity contribution in [3.8, 4) is 34.3 Å². The minimum Gasteiger partial charge on any atom is -0.496 e. The van der Waals surface area contributed by atoms with E-state index in [0.29, 0.717) is 11.2 Å². The maximum absolute atomic E-state index is 12.6. The van der Waals surface area contributed by atoms with Gasteiger partial charge < -0.3 is 19.5 Å². The second-order valence-electron chi connectivity index (χ2n) is 7.30. The Hall–Kier alpha value is -4.35. The van der Waals surface area contributed by atoms with Gasteiger partial charge in [0.05, 0.1) is 38.1 Å². The molecule has 0 aliphatic heterocycles. The SMILES string of the molecule is COc1ncc(-c2ccc3c(c2)ncn3-c2cc(OC)c(C(=O)NCC(F)(F)F)c(OC)c2)cn1. The number of fused-ring (bicyclic) bond motifs is 1. The lowest BCUT2D eigenvalue weighted by Gasteiger charge is -2.16. The van der Waals surface area contributed by atoms with Gasteiger partial charge in [0, 0.05) is 30.1 Å². The van der Waals surface area contributed by atoms with Crippen LogP contribution in [-0.4, -0.2) is 59.5 Å². The van der Waals surface area contributed by atoms with Gasteiger partial charge in [-0.15, -0.1) is 0 Å². The molecule has 0 radical (unpaired) electrons. The number of methoxy groups -OCH3 is 3. The number of hydrogen-bond donors (Lipinski definition) is 1. The van der Waals surface area contributed by atoms with Crippen LogP contribution in [0.5, 0.6) is 17.5 Å². The third-order valence-corrected chi connectivity index (χ3v) is 5.14. The van der Waals surface area contributed by atoms with Crippen LogP contribution in [0, 0.1) is 0 Å². The summed E-state index contributed by atoms with van der Waals surface area (Å²) < 4.78 is 55.0. The molecule has 2 aromatic carbocycles. The predicted octanol–water partition coefficient (Wildman–Crippen LogP) is 3.80. The van der Waals surface area contributed by atoms with Gasteiger partial charge >= 0.3 is 12.2 Å². The highest BCUT2D eigenvalue weighted by Crippen LogP contribution is 2.34. The fourth-order valence-electron chi connectivity index (χ4n) is 3.50. The zero-order valence-electron chi connectivity index (χ0n) is 18.9. The number of carbonyl (C=O) groups is 1. The molecule has 0 fully saturated rings. The van der Waals surface area contributed by atoms with Crippen molar-refractivity contribution in [1.82, 2.24) is 24.8 Å². The summed E-state index contributed by atoms with van der Waals surface area (Å²) in [5.74, 6) is -0.870. The first-order valence-corrected chi connectivity index (χ1v) is 10.2. The molecule has 0 aliphatic rings. The highest BCUT2D eigenvalue weighted by molar-refractivity contribution is 6.00. The lowest BCUT2D eigenvalue weighted by atomic mass is 10.1. The van der Waals surface area contributed by atoms with Gasteiger partial charge in [0.25, 0.3) is 5.91 Å². The standard InChI is InChI=1S/C23H20F3N5O4/c1-33-18-7-15(8-19(34-2)20(18)21(32)29-11-23(24,25)26)31-12-30-16-6-13(4-5-17(16)31)14-9-27-22(35-3)28-10-14/h4-10,12H,11H2,1-3H3,(H,29,32). The van der Waals surface area contributed by atoms with Gasteiger partial charge in [-0.1, -0.05) is 6.07 Å². The number of nitrogens with one attached hydrogen (secondary N) is 1. The monoisotopic (exact) mass is 487 g/mol. The number of benzene rings is 2. The van der Waals surface area contributed by atoms with Crippen LogP contribution in [0.4, 0.5) is 13.2 Å². The Labute approximate surface area is 197 Å². The third-order valence-electron chi connectivity index (χ3n) is 5.14. The molecule has 0 saturated heterocycles. The minimum absolute atomic E-state index is 0.0490. The van der Waals surface area contributed by atoms with Gasteiger partial charge in [-0.3, -0.25) is 9.36 Å². The molecular weight excluding hydrogens is 467 g/mol. The number of halogens is 3. The zero-order chi connectivity index (χ0) is 25.2. The van der Waals surface area contributed by atoms with Crippen molar-refractivity contribution in [2.24, 2.45) is 0 Å². The maximum Gasteiger partial charge on any atom is 0.405 e. The van der Waals surface area contributed by atoms with Gasteiger partial charge in [-0.2, -0.15) is 13.2 Å². The molecule has 182 valence electrons. The largest absolute Gasteiger partial charge is 0.496 e. The first-order chi connectivity index (χ1) is 16.7. The quantitative estimate of drug-likeness (QED) is 0.423. The van der Waals surface area contributed by atoms with Crippen molar-refractivity contribution >= 4 is 16.9 Å². The molecule has 2 aromatic heterocycles. The normalized spacial score (nSPS) is 11.4. The van der Waals surface area contributed by atoms with Crippen LogP contribution in [0.3, 0.4) is 0 Å². The van der Waals surface area contributed by atoms with Gasteiger partial charge in [0.15, 0.2) is 0 Å². The molecule has 9 nitrogen and oxygen atoms in total. The second kappa shape index (κ2) is 9.49. The van der Waals surface area contributed by atoms with Crippen molar-refractivity contribution in [3.63, 3.8) is 0 Å². The first kappa shape index (κ1) is 23.8. The van der Waals surface area contributed by atoms with Crippen LogP contribution in [0.1, 0.15) is 10.4 Å². The van der Waals surface area contributed by atoms with Crippen LogP contribution >= 0.6 is 0 Å². The Morgan fingerprint density at radius 3 is 2.17 bits per heavy atom. The van der Waals surface area contributed by atoms with Crippen LogP contribution in [0.25, 0.3) is 27.8 Å². The molecular formula is C23H20F3N5O4. The Kier molecular flexibility index (Phi) is 6.45. The third kappa shape index (κ3) is 4.95. The fraction of sp³-hybridized carbons (Fsp3) is 0.217. The van der Waals surface area contributed by atoms with Crippen LogP contribution < -0.4 is 19.5 Å². The number of carbonyl (C=O) groups excluding carboxylic acids is 1.